The lowest BCUT2D eigenvalue weighted by Crippen LogP contribution is -2.58. The summed E-state index contributed by atoms with van der Waals surface area (Å²) in [5.74, 6) is 2.17. The minimum atomic E-state index is -0.143. The van der Waals surface area contributed by atoms with Crippen molar-refractivity contribution in [2.75, 3.05) is 13.1 Å². The maximum atomic E-state index is 12.3. The molecule has 1 N–H and O–H groups in total. The highest BCUT2D eigenvalue weighted by Gasteiger charge is 2.51. The van der Waals surface area contributed by atoms with Crippen molar-refractivity contribution < 1.29 is 9.59 Å². The number of amides is 2. The molecule has 2 amide bonds. The number of nitrogens with one attached hydrogen (secondary N) is 1. The Balaban J connectivity index is 1.49. The molecule has 2 atom stereocenters. The number of hydrogen-bond donors (Lipinski definition) is 1. The highest BCUT2D eigenvalue weighted by Crippen LogP contribution is 2.47. The summed E-state index contributed by atoms with van der Waals surface area (Å²) >= 11 is 0. The molecule has 0 bridgehead atoms. The molecular weight excluding hydrogens is 228 g/mol. The molecule has 1 unspecified atom stereocenters. The molecule has 0 aromatic heterocycles. The van der Waals surface area contributed by atoms with Gasteiger partial charge in [-0.15, -0.1) is 0 Å². The van der Waals surface area contributed by atoms with Gasteiger partial charge in [-0.3, -0.25) is 9.59 Å². The van der Waals surface area contributed by atoms with E-state index in [0.717, 1.165) is 37.8 Å². The monoisotopic (exact) mass is 250 g/mol. The molecule has 1 heterocycles. The lowest BCUT2D eigenvalue weighted by molar-refractivity contribution is -0.142. The zero-order valence-corrected chi connectivity index (χ0v) is 11.2. The van der Waals surface area contributed by atoms with Crippen LogP contribution in [0.5, 0.6) is 0 Å². The Morgan fingerprint density at radius 1 is 1.28 bits per heavy atom. The molecule has 0 radical (unpaired) electrons. The molecule has 0 aromatic rings. The topological polar surface area (TPSA) is 49.4 Å². The molecule has 3 fully saturated rings. The number of rotatable bonds is 3. The van der Waals surface area contributed by atoms with Gasteiger partial charge in [0.1, 0.15) is 0 Å². The van der Waals surface area contributed by atoms with Crippen LogP contribution in [0, 0.1) is 17.8 Å². The smallest absolute Gasteiger partial charge is 0.225 e. The van der Waals surface area contributed by atoms with Crippen LogP contribution < -0.4 is 5.32 Å². The highest BCUT2D eigenvalue weighted by molar-refractivity contribution is 5.82. The van der Waals surface area contributed by atoms with Gasteiger partial charge in [0.2, 0.25) is 11.8 Å². The predicted molar refractivity (Wildman–Crippen MR) is 67.7 cm³/mol. The lowest BCUT2D eigenvalue weighted by atomic mass is 9.68. The van der Waals surface area contributed by atoms with Crippen LogP contribution >= 0.6 is 0 Å². The minimum Gasteiger partial charge on any atom is -0.351 e. The maximum absolute atomic E-state index is 12.3. The van der Waals surface area contributed by atoms with Crippen LogP contribution in [0.4, 0.5) is 0 Å². The summed E-state index contributed by atoms with van der Waals surface area (Å²) in [6, 6.07) is 0. The van der Waals surface area contributed by atoms with E-state index >= 15 is 0 Å². The van der Waals surface area contributed by atoms with Crippen molar-refractivity contribution in [1.29, 1.82) is 0 Å². The number of carbonyl (C=O) groups is 2. The Hall–Kier alpha value is -1.06. The molecule has 3 aliphatic rings. The fraction of sp³-hybridized carbons (Fsp3) is 0.857. The first-order valence-corrected chi connectivity index (χ1v) is 7.10. The number of carbonyl (C=O) groups excluding carboxylic acids is 2. The molecule has 4 nitrogen and oxygen atoms in total. The average Bonchev–Trinajstić information content (AvgIpc) is 2.91. The summed E-state index contributed by atoms with van der Waals surface area (Å²) in [6.45, 7) is 5.87. The molecule has 0 spiro atoms. The van der Waals surface area contributed by atoms with Crippen LogP contribution in [-0.4, -0.2) is 35.3 Å². The van der Waals surface area contributed by atoms with Gasteiger partial charge in [-0.2, -0.15) is 0 Å². The normalized spacial score (nSPS) is 41.0. The van der Waals surface area contributed by atoms with Gasteiger partial charge in [-0.25, -0.2) is 0 Å². The zero-order chi connectivity index (χ0) is 12.9. The van der Waals surface area contributed by atoms with Crippen molar-refractivity contribution in [3.05, 3.63) is 0 Å². The molecule has 1 saturated heterocycles. The first-order valence-electron chi connectivity index (χ1n) is 7.10. The van der Waals surface area contributed by atoms with E-state index in [0.29, 0.717) is 12.3 Å². The molecule has 4 heteroatoms. The Kier molecular flexibility index (Phi) is 2.65. The van der Waals surface area contributed by atoms with E-state index in [4.69, 9.17) is 0 Å². The van der Waals surface area contributed by atoms with Gasteiger partial charge in [0.05, 0.1) is 0 Å². The van der Waals surface area contributed by atoms with Crippen molar-refractivity contribution in [2.45, 2.75) is 45.1 Å². The average molecular weight is 250 g/mol. The first-order chi connectivity index (χ1) is 8.50. The van der Waals surface area contributed by atoms with Crippen molar-refractivity contribution in [3.8, 4) is 0 Å². The van der Waals surface area contributed by atoms with Crippen LogP contribution in [0.15, 0.2) is 0 Å². The lowest BCUT2D eigenvalue weighted by Gasteiger charge is -2.46. The van der Waals surface area contributed by atoms with E-state index in [9.17, 15) is 9.59 Å². The van der Waals surface area contributed by atoms with Gasteiger partial charge in [0.25, 0.3) is 0 Å². The second kappa shape index (κ2) is 3.97. The molecular formula is C14H22N2O2. The summed E-state index contributed by atoms with van der Waals surface area (Å²) in [5.41, 5.74) is -0.143. The Morgan fingerprint density at radius 2 is 1.89 bits per heavy atom. The van der Waals surface area contributed by atoms with E-state index in [2.05, 4.69) is 5.32 Å². The number of likely N-dealkylation sites (tertiary alicyclic amines) is 1. The molecule has 2 aliphatic carbocycles. The number of fused-ring (bicyclic) bond motifs is 1. The van der Waals surface area contributed by atoms with E-state index < -0.39 is 0 Å². The van der Waals surface area contributed by atoms with Crippen LogP contribution in [-0.2, 0) is 9.59 Å². The predicted octanol–water partition coefficient (Wildman–Crippen LogP) is 1.16. The first kappa shape index (κ1) is 12.0. The van der Waals surface area contributed by atoms with Gasteiger partial charge in [-0.05, 0) is 38.0 Å². The van der Waals surface area contributed by atoms with Gasteiger partial charge in [0, 0.05) is 31.0 Å². The highest BCUT2D eigenvalue weighted by atomic mass is 16.2. The molecule has 1 aliphatic heterocycles. The Bertz CT molecular complexity index is 377. The maximum Gasteiger partial charge on any atom is 0.225 e. The molecule has 100 valence electrons. The third kappa shape index (κ3) is 2.02. The minimum absolute atomic E-state index is 0.0887. The van der Waals surface area contributed by atoms with Crippen molar-refractivity contribution >= 4 is 11.8 Å². The van der Waals surface area contributed by atoms with E-state index in [1.165, 1.54) is 6.42 Å². The van der Waals surface area contributed by atoms with Gasteiger partial charge < -0.3 is 10.2 Å². The molecule has 3 rings (SSSR count). The number of piperidine rings is 1. The van der Waals surface area contributed by atoms with Crippen LogP contribution in [0.2, 0.25) is 0 Å². The summed E-state index contributed by atoms with van der Waals surface area (Å²) in [6.07, 6.45) is 3.47. The van der Waals surface area contributed by atoms with E-state index in [-0.39, 0.29) is 17.4 Å². The van der Waals surface area contributed by atoms with Crippen molar-refractivity contribution in [2.24, 2.45) is 17.8 Å². The van der Waals surface area contributed by atoms with Crippen LogP contribution in [0.25, 0.3) is 0 Å². The summed E-state index contributed by atoms with van der Waals surface area (Å²) in [7, 11) is 0. The van der Waals surface area contributed by atoms with Gasteiger partial charge in [-0.1, -0.05) is 6.92 Å². The standard InChI is InChI=1S/C14H22N2O2/c1-3-12(17)15-14(2)5-11(6-14)13(18)16-7-9-4-10(9)8-16/h9-11H,3-8H2,1-2H3,(H,15,17)/t9-,10?,11-,14+/m1/s1. The largest absolute Gasteiger partial charge is 0.351 e. The second-order valence-corrected chi connectivity index (χ2v) is 6.57. The van der Waals surface area contributed by atoms with Gasteiger partial charge >= 0.3 is 0 Å². The molecule has 2 saturated carbocycles. The molecule has 0 aromatic carbocycles. The molecule has 18 heavy (non-hydrogen) atoms. The summed E-state index contributed by atoms with van der Waals surface area (Å²) in [4.78, 5) is 25.7. The third-order valence-corrected chi connectivity index (χ3v) is 4.80. The number of hydrogen-bond acceptors (Lipinski definition) is 2. The van der Waals surface area contributed by atoms with Crippen molar-refractivity contribution in [3.63, 3.8) is 0 Å². The SMILES string of the molecule is CCC(=O)N[C@]1(C)C[C@H](C(=O)N2CC3C[C@@H]3C2)C1. The van der Waals surface area contributed by atoms with E-state index in [1.807, 2.05) is 18.7 Å². The zero-order valence-electron chi connectivity index (χ0n) is 11.2. The quantitative estimate of drug-likeness (QED) is 0.817. The fourth-order valence-electron chi connectivity index (χ4n) is 3.57. The summed E-state index contributed by atoms with van der Waals surface area (Å²) in [5, 5.41) is 3.03. The van der Waals surface area contributed by atoms with Gasteiger partial charge in [0.15, 0.2) is 0 Å². The van der Waals surface area contributed by atoms with Crippen molar-refractivity contribution in [1.82, 2.24) is 10.2 Å². The summed E-state index contributed by atoms with van der Waals surface area (Å²) < 4.78 is 0. The Morgan fingerprint density at radius 3 is 2.44 bits per heavy atom. The number of nitrogens with zero attached hydrogens (tertiary/aromatic N) is 1. The van der Waals surface area contributed by atoms with Crippen LogP contribution in [0.3, 0.4) is 0 Å². The van der Waals surface area contributed by atoms with Crippen LogP contribution in [0.1, 0.15) is 39.5 Å². The fourth-order valence-corrected chi connectivity index (χ4v) is 3.57. The van der Waals surface area contributed by atoms with E-state index in [1.54, 1.807) is 0 Å². The third-order valence-electron chi connectivity index (χ3n) is 4.80. The Labute approximate surface area is 108 Å². The second-order valence-electron chi connectivity index (χ2n) is 6.57.